The van der Waals surface area contributed by atoms with E-state index in [0.29, 0.717) is 0 Å². The van der Waals surface area contributed by atoms with Crippen molar-refractivity contribution in [3.8, 4) is 0 Å². The van der Waals surface area contributed by atoms with Crippen molar-refractivity contribution in [2.75, 3.05) is 6.54 Å². The molecule has 1 amide bonds. The first-order valence-electron chi connectivity index (χ1n) is 2.41. The largest absolute Gasteiger partial charge is 1.00 e. The number of hydrogen-bond acceptors (Lipinski definition) is 4. The summed E-state index contributed by atoms with van der Waals surface area (Å²) in [6.45, 7) is -2.09. The minimum Gasteiger partial charge on any atom is -0.731 e. The molecular weight excluding hydrogens is 226 g/mol. The van der Waals surface area contributed by atoms with Gasteiger partial charge < -0.3 is 4.55 Å². The molecule has 0 fully saturated rings. The molecule has 13 heavy (non-hydrogen) atoms. The number of alkyl halides is 3. The van der Waals surface area contributed by atoms with E-state index >= 15 is 0 Å². The van der Waals surface area contributed by atoms with Gasteiger partial charge >= 0.3 is 35.7 Å². The molecule has 0 aliphatic rings. The molecule has 0 aromatic carbocycles. The molecule has 5 nitrogen and oxygen atoms in total. The van der Waals surface area contributed by atoms with Crippen LogP contribution >= 0.6 is 0 Å². The Morgan fingerprint density at radius 3 is 1.85 bits per heavy atom. The number of carbonyl (C=O) groups is 1. The van der Waals surface area contributed by atoms with Gasteiger partial charge in [-0.1, -0.05) is 0 Å². The molecule has 72 valence electrons. The van der Waals surface area contributed by atoms with Gasteiger partial charge in [0.25, 0.3) is 0 Å². The Hall–Kier alpha value is 0.170. The summed E-state index contributed by atoms with van der Waals surface area (Å²) < 4.78 is 63.0. The van der Waals surface area contributed by atoms with Gasteiger partial charge in [-0.25, -0.2) is 12.7 Å². The first kappa shape index (κ1) is 15.6. The molecule has 0 aliphatic heterocycles. The standard InChI is InChI=1S/C3H4F3NO4S.Na/c4-3(5,6)1-7(2-8)12(9,10)11;/h2H,1H2,(H,9,10,11);/q;+1/p-1. The summed E-state index contributed by atoms with van der Waals surface area (Å²) in [6, 6.07) is 0. The maximum absolute atomic E-state index is 11.4. The Labute approximate surface area is 94.1 Å². The van der Waals surface area contributed by atoms with E-state index in [2.05, 4.69) is 0 Å². The van der Waals surface area contributed by atoms with Crippen LogP contribution in [0.4, 0.5) is 13.2 Å². The van der Waals surface area contributed by atoms with Crippen LogP contribution in [0.3, 0.4) is 0 Å². The molecular formula is C3H3F3NNaO4S. The van der Waals surface area contributed by atoms with E-state index in [-0.39, 0.29) is 29.6 Å². The minimum atomic E-state index is -5.35. The van der Waals surface area contributed by atoms with Crippen LogP contribution in [-0.2, 0) is 15.1 Å². The van der Waals surface area contributed by atoms with Crippen molar-refractivity contribution in [2.24, 2.45) is 0 Å². The molecule has 0 atom stereocenters. The van der Waals surface area contributed by atoms with E-state index in [1.807, 2.05) is 0 Å². The Balaban J connectivity index is 0. The summed E-state index contributed by atoms with van der Waals surface area (Å²) >= 11 is 0. The third-order valence-electron chi connectivity index (χ3n) is 0.740. The van der Waals surface area contributed by atoms with E-state index in [9.17, 15) is 30.9 Å². The molecule has 0 radical (unpaired) electrons. The molecule has 10 heteroatoms. The molecule has 0 rings (SSSR count). The van der Waals surface area contributed by atoms with E-state index in [4.69, 9.17) is 0 Å². The monoisotopic (exact) mass is 229 g/mol. The first-order valence-corrected chi connectivity index (χ1v) is 3.78. The van der Waals surface area contributed by atoms with Gasteiger partial charge in [-0.15, -0.1) is 0 Å². The summed E-state index contributed by atoms with van der Waals surface area (Å²) in [5.41, 5.74) is 0. The normalized spacial score (nSPS) is 11.7. The fraction of sp³-hybridized carbons (Fsp3) is 0.667. The van der Waals surface area contributed by atoms with Crippen molar-refractivity contribution in [3.63, 3.8) is 0 Å². The Bertz CT molecular complexity index is 262. The van der Waals surface area contributed by atoms with Gasteiger partial charge in [0.2, 0.25) is 6.41 Å². The van der Waals surface area contributed by atoms with Crippen LogP contribution in [0.5, 0.6) is 0 Å². The average Bonchev–Trinajstić information content (AvgIpc) is 1.78. The number of nitrogens with zero attached hydrogens (tertiary/aromatic N) is 1. The number of rotatable bonds is 3. The van der Waals surface area contributed by atoms with Crippen LogP contribution in [0.15, 0.2) is 0 Å². The first-order chi connectivity index (χ1) is 5.17. The average molecular weight is 229 g/mol. The second kappa shape index (κ2) is 5.15. The molecule has 0 bridgehead atoms. The van der Waals surface area contributed by atoms with E-state index in [1.54, 1.807) is 0 Å². The zero-order valence-corrected chi connectivity index (χ0v) is 9.22. The fourth-order valence-electron chi connectivity index (χ4n) is 0.346. The predicted molar refractivity (Wildman–Crippen MR) is 28.5 cm³/mol. The maximum Gasteiger partial charge on any atom is 1.00 e. The predicted octanol–water partition coefficient (Wildman–Crippen LogP) is -3.53. The third-order valence-corrected chi connectivity index (χ3v) is 1.53. The van der Waals surface area contributed by atoms with Crippen LogP contribution in [0, 0.1) is 0 Å². The van der Waals surface area contributed by atoms with Crippen molar-refractivity contribution in [1.82, 2.24) is 4.31 Å². The summed E-state index contributed by atoms with van der Waals surface area (Å²) in [6.07, 6.45) is -5.59. The molecule has 0 saturated heterocycles. The van der Waals surface area contributed by atoms with Crippen LogP contribution in [0.25, 0.3) is 0 Å². The van der Waals surface area contributed by atoms with E-state index in [0.717, 1.165) is 0 Å². The molecule has 0 spiro atoms. The summed E-state index contributed by atoms with van der Waals surface area (Å²) in [5, 5.41) is 0. The number of hydrogen-bond donors (Lipinski definition) is 0. The molecule has 0 N–H and O–H groups in total. The third kappa shape index (κ3) is 7.26. The van der Waals surface area contributed by atoms with Crippen LogP contribution < -0.4 is 29.6 Å². The Morgan fingerprint density at radius 1 is 1.38 bits per heavy atom. The zero-order chi connectivity index (χ0) is 9.99. The number of halogens is 3. The Kier molecular flexibility index (Phi) is 6.19. The zero-order valence-electron chi connectivity index (χ0n) is 6.41. The fourth-order valence-corrected chi connectivity index (χ4v) is 0.756. The summed E-state index contributed by atoms with van der Waals surface area (Å²) in [5.74, 6) is 0. The van der Waals surface area contributed by atoms with Gasteiger partial charge in [0.1, 0.15) is 6.54 Å². The van der Waals surface area contributed by atoms with E-state index in [1.165, 1.54) is 0 Å². The van der Waals surface area contributed by atoms with Crippen molar-refractivity contribution >= 4 is 16.7 Å². The summed E-state index contributed by atoms with van der Waals surface area (Å²) in [7, 11) is -5.35. The van der Waals surface area contributed by atoms with Gasteiger partial charge in [0.15, 0.2) is 10.3 Å². The second-order valence-corrected chi connectivity index (χ2v) is 3.05. The molecule has 0 saturated carbocycles. The molecule has 0 aromatic rings. The molecule has 0 aliphatic carbocycles. The second-order valence-electron chi connectivity index (χ2n) is 1.72. The number of amides is 1. The Morgan fingerprint density at radius 2 is 1.77 bits per heavy atom. The van der Waals surface area contributed by atoms with Crippen molar-refractivity contribution in [3.05, 3.63) is 0 Å². The molecule has 0 heterocycles. The van der Waals surface area contributed by atoms with Crippen molar-refractivity contribution in [2.45, 2.75) is 6.18 Å². The van der Waals surface area contributed by atoms with E-state index < -0.39 is 33.7 Å². The van der Waals surface area contributed by atoms with Crippen LogP contribution in [-0.4, -0.2) is 36.4 Å². The summed E-state index contributed by atoms with van der Waals surface area (Å²) in [4.78, 5) is 9.68. The topological polar surface area (TPSA) is 77.5 Å². The van der Waals surface area contributed by atoms with Gasteiger partial charge in [-0.3, -0.25) is 4.79 Å². The minimum absolute atomic E-state index is 0. The quantitative estimate of drug-likeness (QED) is 0.285. The van der Waals surface area contributed by atoms with Crippen molar-refractivity contribution < 1.29 is 60.5 Å². The van der Waals surface area contributed by atoms with Crippen LogP contribution in [0.2, 0.25) is 0 Å². The smallest absolute Gasteiger partial charge is 0.731 e. The van der Waals surface area contributed by atoms with Gasteiger partial charge in [-0.2, -0.15) is 13.2 Å². The van der Waals surface area contributed by atoms with Gasteiger partial charge in [-0.05, 0) is 0 Å². The van der Waals surface area contributed by atoms with Crippen LogP contribution in [0.1, 0.15) is 0 Å². The van der Waals surface area contributed by atoms with Crippen molar-refractivity contribution in [1.29, 1.82) is 0 Å². The number of carbonyl (C=O) groups excluding carboxylic acids is 1. The maximum atomic E-state index is 11.4. The molecule has 0 unspecified atom stereocenters. The SMILES string of the molecule is O=CN(CC(F)(F)F)S(=O)(=O)[O-].[Na+]. The molecule has 0 aromatic heterocycles. The van der Waals surface area contributed by atoms with Gasteiger partial charge in [0, 0.05) is 0 Å². The van der Waals surface area contributed by atoms with Gasteiger partial charge in [0.05, 0.1) is 0 Å².